The van der Waals surface area contributed by atoms with E-state index in [0.717, 1.165) is 32.1 Å². The van der Waals surface area contributed by atoms with Crippen LogP contribution in [-0.2, 0) is 14.3 Å². The fourth-order valence-electron chi connectivity index (χ4n) is 3.99. The zero-order valence-corrected chi connectivity index (χ0v) is 18.6. The molecule has 1 aromatic rings. The van der Waals surface area contributed by atoms with Crippen molar-refractivity contribution in [2.75, 3.05) is 19.8 Å². The summed E-state index contributed by atoms with van der Waals surface area (Å²) in [5, 5.41) is 11.1. The van der Waals surface area contributed by atoms with Crippen molar-refractivity contribution in [2.45, 2.75) is 70.8 Å². The van der Waals surface area contributed by atoms with Gasteiger partial charge in [0.25, 0.3) is 5.69 Å². The molecule has 0 heterocycles. The maximum absolute atomic E-state index is 12.9. The van der Waals surface area contributed by atoms with Crippen LogP contribution in [0.15, 0.2) is 18.2 Å². The zero-order chi connectivity index (χ0) is 23.3. The lowest BCUT2D eigenvalue weighted by molar-refractivity contribution is -0.385. The standard InChI is InChI=1S/C23H32N2O7/c1-18(27)31-15-6-5-14-24(19-9-3-2-4-10-19)23(28)13-8-16-32-22-12-7-11-21(25(29)30)20(22)17-26/h7,11-12,17,19H,2-6,8-10,13-16H2,1H3. The van der Waals surface area contributed by atoms with E-state index < -0.39 is 4.92 Å². The molecule has 0 spiro atoms. The van der Waals surface area contributed by atoms with Gasteiger partial charge in [0.15, 0.2) is 6.29 Å². The first-order valence-corrected chi connectivity index (χ1v) is 11.2. The Bertz CT molecular complexity index is 791. The first kappa shape index (κ1) is 25.3. The summed E-state index contributed by atoms with van der Waals surface area (Å²) in [6.45, 7) is 2.55. The van der Waals surface area contributed by atoms with E-state index in [0.29, 0.717) is 38.7 Å². The average molecular weight is 449 g/mol. The van der Waals surface area contributed by atoms with E-state index in [9.17, 15) is 24.5 Å². The Hall–Kier alpha value is -2.97. The molecular formula is C23H32N2O7. The normalized spacial score (nSPS) is 13.9. The second-order valence-electron chi connectivity index (χ2n) is 7.94. The monoisotopic (exact) mass is 448 g/mol. The van der Waals surface area contributed by atoms with Crippen LogP contribution in [0.5, 0.6) is 5.75 Å². The number of rotatable bonds is 13. The maximum Gasteiger partial charge on any atom is 0.302 e. The van der Waals surface area contributed by atoms with Crippen LogP contribution < -0.4 is 4.74 Å². The van der Waals surface area contributed by atoms with Gasteiger partial charge in [-0.1, -0.05) is 25.3 Å². The first-order valence-electron chi connectivity index (χ1n) is 11.2. The highest BCUT2D eigenvalue weighted by atomic mass is 16.6. The Labute approximate surface area is 188 Å². The van der Waals surface area contributed by atoms with Gasteiger partial charge in [-0.25, -0.2) is 0 Å². The van der Waals surface area contributed by atoms with Crippen molar-refractivity contribution in [3.63, 3.8) is 0 Å². The van der Waals surface area contributed by atoms with Gasteiger partial charge in [0, 0.05) is 32.0 Å². The number of esters is 1. The summed E-state index contributed by atoms with van der Waals surface area (Å²) in [5.74, 6) is -0.0920. The Kier molecular flexibility index (Phi) is 10.6. The number of unbranched alkanes of at least 4 members (excludes halogenated alkanes) is 1. The Morgan fingerprint density at radius 3 is 2.56 bits per heavy atom. The molecule has 9 nitrogen and oxygen atoms in total. The SMILES string of the molecule is CC(=O)OCCCCN(C(=O)CCCOc1cccc([N+](=O)[O-])c1C=O)C1CCCCC1. The Morgan fingerprint density at radius 1 is 1.16 bits per heavy atom. The molecule has 0 bridgehead atoms. The van der Waals surface area contributed by atoms with Crippen LogP contribution in [0.25, 0.3) is 0 Å². The number of carbonyl (C=O) groups is 3. The van der Waals surface area contributed by atoms with E-state index in [2.05, 4.69) is 0 Å². The van der Waals surface area contributed by atoms with Crippen molar-refractivity contribution in [2.24, 2.45) is 0 Å². The maximum atomic E-state index is 12.9. The average Bonchev–Trinajstić information content (AvgIpc) is 2.79. The van der Waals surface area contributed by atoms with Crippen molar-refractivity contribution >= 4 is 23.9 Å². The fraction of sp³-hybridized carbons (Fsp3) is 0.609. The van der Waals surface area contributed by atoms with Crippen LogP contribution in [0, 0.1) is 10.1 Å². The Morgan fingerprint density at radius 2 is 1.91 bits per heavy atom. The van der Waals surface area contributed by atoms with Gasteiger partial charge in [-0.15, -0.1) is 0 Å². The molecule has 0 radical (unpaired) electrons. The quantitative estimate of drug-likeness (QED) is 0.147. The number of aldehydes is 1. The molecule has 1 saturated carbocycles. The molecule has 2 rings (SSSR count). The first-order chi connectivity index (χ1) is 15.4. The van der Waals surface area contributed by atoms with Crippen molar-refractivity contribution in [3.8, 4) is 5.75 Å². The minimum absolute atomic E-state index is 0.0580. The third kappa shape index (κ3) is 7.94. The number of amides is 1. The van der Waals surface area contributed by atoms with Gasteiger partial charge in [0.2, 0.25) is 5.91 Å². The highest BCUT2D eigenvalue weighted by Crippen LogP contribution is 2.27. The van der Waals surface area contributed by atoms with Crippen LogP contribution in [0.4, 0.5) is 5.69 Å². The number of nitrogens with zero attached hydrogens (tertiary/aromatic N) is 2. The highest BCUT2D eigenvalue weighted by Gasteiger charge is 2.25. The number of nitro benzene ring substituents is 1. The van der Waals surface area contributed by atoms with Crippen molar-refractivity contribution in [1.82, 2.24) is 4.90 Å². The molecule has 176 valence electrons. The summed E-state index contributed by atoms with van der Waals surface area (Å²) in [4.78, 5) is 47.5. The molecular weight excluding hydrogens is 416 g/mol. The van der Waals surface area contributed by atoms with Crippen LogP contribution in [0.2, 0.25) is 0 Å². The van der Waals surface area contributed by atoms with E-state index in [4.69, 9.17) is 9.47 Å². The predicted molar refractivity (Wildman–Crippen MR) is 118 cm³/mol. The largest absolute Gasteiger partial charge is 0.493 e. The van der Waals surface area contributed by atoms with Gasteiger partial charge in [-0.05, 0) is 38.2 Å². The van der Waals surface area contributed by atoms with Crippen LogP contribution in [-0.4, -0.2) is 53.8 Å². The van der Waals surface area contributed by atoms with Crippen LogP contribution >= 0.6 is 0 Å². The van der Waals surface area contributed by atoms with E-state index >= 15 is 0 Å². The molecule has 1 amide bonds. The van der Waals surface area contributed by atoms with Gasteiger partial charge in [0.05, 0.1) is 18.1 Å². The third-order valence-corrected chi connectivity index (χ3v) is 5.58. The molecule has 0 aliphatic heterocycles. The van der Waals surface area contributed by atoms with Crippen molar-refractivity contribution in [1.29, 1.82) is 0 Å². The summed E-state index contributed by atoms with van der Waals surface area (Å²) in [6, 6.07) is 4.47. The van der Waals surface area contributed by atoms with E-state index in [1.807, 2.05) is 4.90 Å². The smallest absolute Gasteiger partial charge is 0.302 e. The fourth-order valence-corrected chi connectivity index (χ4v) is 3.99. The Balaban J connectivity index is 1.86. The number of carbonyl (C=O) groups excluding carboxylic acids is 3. The summed E-state index contributed by atoms with van der Waals surface area (Å²) in [5.41, 5.74) is -0.397. The minimum atomic E-state index is -0.621. The summed E-state index contributed by atoms with van der Waals surface area (Å²) in [7, 11) is 0. The molecule has 1 aliphatic rings. The van der Waals surface area contributed by atoms with E-state index in [1.165, 1.54) is 31.5 Å². The second kappa shape index (κ2) is 13.4. The zero-order valence-electron chi connectivity index (χ0n) is 18.6. The lowest BCUT2D eigenvalue weighted by Crippen LogP contribution is -2.42. The third-order valence-electron chi connectivity index (χ3n) is 5.58. The van der Waals surface area contributed by atoms with E-state index in [1.54, 1.807) is 0 Å². The second-order valence-corrected chi connectivity index (χ2v) is 7.94. The molecule has 32 heavy (non-hydrogen) atoms. The van der Waals surface area contributed by atoms with Gasteiger partial charge in [-0.2, -0.15) is 0 Å². The lowest BCUT2D eigenvalue weighted by Gasteiger charge is -2.34. The molecule has 1 aromatic carbocycles. The molecule has 1 aliphatic carbocycles. The molecule has 0 unspecified atom stereocenters. The molecule has 0 N–H and O–H groups in total. The molecule has 0 atom stereocenters. The summed E-state index contributed by atoms with van der Waals surface area (Å²) in [6.07, 6.45) is 8.06. The number of nitro groups is 1. The van der Waals surface area contributed by atoms with Gasteiger partial charge in [0.1, 0.15) is 11.3 Å². The molecule has 1 fully saturated rings. The molecule has 0 saturated heterocycles. The highest BCUT2D eigenvalue weighted by molar-refractivity contribution is 5.85. The topological polar surface area (TPSA) is 116 Å². The van der Waals surface area contributed by atoms with Gasteiger partial charge >= 0.3 is 5.97 Å². The predicted octanol–water partition coefficient (Wildman–Crippen LogP) is 4.07. The number of hydrogen-bond donors (Lipinski definition) is 0. The molecule has 0 aromatic heterocycles. The summed E-state index contributed by atoms with van der Waals surface area (Å²) >= 11 is 0. The minimum Gasteiger partial charge on any atom is -0.493 e. The van der Waals surface area contributed by atoms with Crippen LogP contribution in [0.1, 0.15) is 75.1 Å². The van der Waals surface area contributed by atoms with E-state index in [-0.39, 0.29) is 41.5 Å². The summed E-state index contributed by atoms with van der Waals surface area (Å²) < 4.78 is 10.5. The number of benzene rings is 1. The number of hydrogen-bond acceptors (Lipinski definition) is 7. The lowest BCUT2D eigenvalue weighted by atomic mass is 9.93. The van der Waals surface area contributed by atoms with Crippen molar-refractivity contribution < 1.29 is 28.8 Å². The van der Waals surface area contributed by atoms with Crippen molar-refractivity contribution in [3.05, 3.63) is 33.9 Å². The van der Waals surface area contributed by atoms with Gasteiger partial charge in [-0.3, -0.25) is 24.5 Å². The number of ether oxygens (including phenoxy) is 2. The van der Waals surface area contributed by atoms with Gasteiger partial charge < -0.3 is 14.4 Å². The van der Waals surface area contributed by atoms with Crippen LogP contribution in [0.3, 0.4) is 0 Å². The molecule has 9 heteroatoms.